The SMILES string of the molecule is O=C(NC1CCN(C(=O)Nc2ccccc2)CC1)c1cnccn1. The molecule has 7 heteroatoms. The largest absolute Gasteiger partial charge is 0.348 e. The Balaban J connectivity index is 1.47. The van der Waals surface area contributed by atoms with Gasteiger partial charge in [0.05, 0.1) is 6.20 Å². The van der Waals surface area contributed by atoms with Crippen LogP contribution in [0.4, 0.5) is 10.5 Å². The summed E-state index contributed by atoms with van der Waals surface area (Å²) < 4.78 is 0. The van der Waals surface area contributed by atoms with Crippen LogP contribution in [0.15, 0.2) is 48.9 Å². The van der Waals surface area contributed by atoms with Crippen molar-refractivity contribution < 1.29 is 9.59 Å². The van der Waals surface area contributed by atoms with Crippen LogP contribution in [0.5, 0.6) is 0 Å². The molecular weight excluding hydrogens is 306 g/mol. The van der Waals surface area contributed by atoms with Crippen LogP contribution in [0.1, 0.15) is 23.3 Å². The number of piperidine rings is 1. The summed E-state index contributed by atoms with van der Waals surface area (Å²) in [4.78, 5) is 33.9. The number of para-hydroxylation sites is 1. The predicted octanol–water partition coefficient (Wildman–Crippen LogP) is 1.90. The van der Waals surface area contributed by atoms with Crippen molar-refractivity contribution in [1.29, 1.82) is 0 Å². The Morgan fingerprint density at radius 3 is 2.50 bits per heavy atom. The first-order valence-electron chi connectivity index (χ1n) is 7.90. The minimum Gasteiger partial charge on any atom is -0.348 e. The molecule has 0 spiro atoms. The fourth-order valence-electron chi connectivity index (χ4n) is 2.63. The molecule has 1 saturated heterocycles. The monoisotopic (exact) mass is 325 g/mol. The third-order valence-corrected chi connectivity index (χ3v) is 3.94. The molecule has 0 atom stereocenters. The quantitative estimate of drug-likeness (QED) is 0.902. The molecule has 3 rings (SSSR count). The summed E-state index contributed by atoms with van der Waals surface area (Å²) in [5.41, 5.74) is 1.09. The van der Waals surface area contributed by atoms with Crippen LogP contribution in [0.3, 0.4) is 0 Å². The van der Waals surface area contributed by atoms with Gasteiger partial charge in [0.25, 0.3) is 5.91 Å². The first kappa shape index (κ1) is 15.9. The summed E-state index contributed by atoms with van der Waals surface area (Å²) in [6.45, 7) is 1.20. The van der Waals surface area contributed by atoms with Gasteiger partial charge in [-0.1, -0.05) is 18.2 Å². The van der Waals surface area contributed by atoms with Crippen LogP contribution in [0.2, 0.25) is 0 Å². The maximum atomic E-state index is 12.2. The Kier molecular flexibility index (Phi) is 5.00. The van der Waals surface area contributed by atoms with Crippen LogP contribution in [-0.4, -0.2) is 45.9 Å². The van der Waals surface area contributed by atoms with Gasteiger partial charge < -0.3 is 15.5 Å². The third-order valence-electron chi connectivity index (χ3n) is 3.94. The van der Waals surface area contributed by atoms with E-state index in [0.717, 1.165) is 5.69 Å². The highest BCUT2D eigenvalue weighted by Gasteiger charge is 2.24. The molecule has 124 valence electrons. The molecule has 1 aliphatic rings. The average molecular weight is 325 g/mol. The fraction of sp³-hybridized carbons (Fsp3) is 0.294. The van der Waals surface area contributed by atoms with Gasteiger partial charge in [-0.3, -0.25) is 9.78 Å². The van der Waals surface area contributed by atoms with Crippen molar-refractivity contribution in [1.82, 2.24) is 20.2 Å². The zero-order valence-corrected chi connectivity index (χ0v) is 13.2. The number of rotatable bonds is 3. The van der Waals surface area contributed by atoms with Gasteiger partial charge in [-0.05, 0) is 25.0 Å². The van der Waals surface area contributed by atoms with Gasteiger partial charge in [0.2, 0.25) is 0 Å². The van der Waals surface area contributed by atoms with E-state index in [0.29, 0.717) is 31.6 Å². The van der Waals surface area contributed by atoms with E-state index in [2.05, 4.69) is 20.6 Å². The number of likely N-dealkylation sites (tertiary alicyclic amines) is 1. The molecule has 24 heavy (non-hydrogen) atoms. The Hall–Kier alpha value is -2.96. The number of carbonyl (C=O) groups is 2. The summed E-state index contributed by atoms with van der Waals surface area (Å²) >= 11 is 0. The summed E-state index contributed by atoms with van der Waals surface area (Å²) in [6.07, 6.45) is 5.90. The van der Waals surface area contributed by atoms with E-state index < -0.39 is 0 Å². The summed E-state index contributed by atoms with van der Waals surface area (Å²) in [7, 11) is 0. The molecule has 1 fully saturated rings. The van der Waals surface area contributed by atoms with Crippen molar-refractivity contribution >= 4 is 17.6 Å². The van der Waals surface area contributed by atoms with E-state index in [1.165, 1.54) is 18.6 Å². The van der Waals surface area contributed by atoms with Crippen LogP contribution >= 0.6 is 0 Å². The van der Waals surface area contributed by atoms with Crippen molar-refractivity contribution in [2.45, 2.75) is 18.9 Å². The number of nitrogens with zero attached hydrogens (tertiary/aromatic N) is 3. The van der Waals surface area contributed by atoms with E-state index in [4.69, 9.17) is 0 Å². The van der Waals surface area contributed by atoms with Crippen LogP contribution in [0, 0.1) is 0 Å². The van der Waals surface area contributed by atoms with Crippen LogP contribution in [-0.2, 0) is 0 Å². The van der Waals surface area contributed by atoms with Gasteiger partial charge in [0, 0.05) is 37.2 Å². The Morgan fingerprint density at radius 1 is 1.08 bits per heavy atom. The van der Waals surface area contributed by atoms with Crippen molar-refractivity contribution in [3.8, 4) is 0 Å². The minimum atomic E-state index is -0.227. The predicted molar refractivity (Wildman–Crippen MR) is 89.6 cm³/mol. The fourth-order valence-corrected chi connectivity index (χ4v) is 2.63. The lowest BCUT2D eigenvalue weighted by Gasteiger charge is -2.32. The normalized spacial score (nSPS) is 14.9. The van der Waals surface area contributed by atoms with Crippen molar-refractivity contribution in [2.75, 3.05) is 18.4 Å². The van der Waals surface area contributed by atoms with Gasteiger partial charge >= 0.3 is 6.03 Å². The molecule has 1 aromatic carbocycles. The van der Waals surface area contributed by atoms with Crippen LogP contribution in [0.25, 0.3) is 0 Å². The zero-order chi connectivity index (χ0) is 16.8. The standard InChI is InChI=1S/C17H19N5O2/c23-16(15-12-18-8-9-19-15)20-14-6-10-22(11-7-14)17(24)21-13-4-2-1-3-5-13/h1-5,8-9,12,14H,6-7,10-11H2,(H,20,23)(H,21,24). The lowest BCUT2D eigenvalue weighted by Crippen LogP contribution is -2.47. The van der Waals surface area contributed by atoms with Crippen molar-refractivity contribution in [2.24, 2.45) is 0 Å². The number of benzene rings is 1. The Morgan fingerprint density at radius 2 is 1.83 bits per heavy atom. The highest BCUT2D eigenvalue weighted by molar-refractivity contribution is 5.92. The van der Waals surface area contributed by atoms with Crippen LogP contribution < -0.4 is 10.6 Å². The topological polar surface area (TPSA) is 87.2 Å². The smallest absolute Gasteiger partial charge is 0.321 e. The number of carbonyl (C=O) groups excluding carboxylic acids is 2. The minimum absolute atomic E-state index is 0.0419. The van der Waals surface area contributed by atoms with Gasteiger partial charge in [-0.15, -0.1) is 0 Å². The van der Waals surface area contributed by atoms with E-state index in [-0.39, 0.29) is 18.0 Å². The highest BCUT2D eigenvalue weighted by Crippen LogP contribution is 2.13. The molecule has 2 aromatic rings. The van der Waals surface area contributed by atoms with E-state index in [1.807, 2.05) is 30.3 Å². The highest BCUT2D eigenvalue weighted by atomic mass is 16.2. The second kappa shape index (κ2) is 7.54. The maximum absolute atomic E-state index is 12.2. The lowest BCUT2D eigenvalue weighted by molar-refractivity contribution is 0.0913. The van der Waals surface area contributed by atoms with E-state index in [9.17, 15) is 9.59 Å². The Bertz CT molecular complexity index is 685. The third kappa shape index (κ3) is 4.07. The summed E-state index contributed by atoms with van der Waals surface area (Å²) in [5.74, 6) is -0.227. The zero-order valence-electron chi connectivity index (χ0n) is 13.2. The number of aromatic nitrogens is 2. The molecule has 0 unspecified atom stereocenters. The van der Waals surface area contributed by atoms with Gasteiger partial charge in [-0.2, -0.15) is 0 Å². The molecule has 0 saturated carbocycles. The van der Waals surface area contributed by atoms with Crippen molar-refractivity contribution in [3.05, 3.63) is 54.6 Å². The maximum Gasteiger partial charge on any atom is 0.321 e. The molecule has 1 aliphatic heterocycles. The summed E-state index contributed by atoms with van der Waals surface area (Å²) in [5, 5.41) is 5.82. The van der Waals surface area contributed by atoms with E-state index >= 15 is 0 Å². The number of nitrogens with one attached hydrogen (secondary N) is 2. The number of hydrogen-bond acceptors (Lipinski definition) is 4. The molecule has 7 nitrogen and oxygen atoms in total. The molecule has 2 N–H and O–H groups in total. The lowest BCUT2D eigenvalue weighted by atomic mass is 10.1. The first-order valence-corrected chi connectivity index (χ1v) is 7.90. The molecular formula is C17H19N5O2. The molecule has 0 bridgehead atoms. The second-order valence-electron chi connectivity index (χ2n) is 5.62. The number of amides is 3. The first-order chi connectivity index (χ1) is 11.7. The number of hydrogen-bond donors (Lipinski definition) is 2. The average Bonchev–Trinajstić information content (AvgIpc) is 2.64. The molecule has 1 aromatic heterocycles. The van der Waals surface area contributed by atoms with Gasteiger partial charge in [0.15, 0.2) is 0 Å². The van der Waals surface area contributed by atoms with Crippen molar-refractivity contribution in [3.63, 3.8) is 0 Å². The summed E-state index contributed by atoms with van der Waals surface area (Å²) in [6, 6.07) is 9.30. The number of anilines is 1. The number of urea groups is 1. The molecule has 0 radical (unpaired) electrons. The molecule has 2 heterocycles. The van der Waals surface area contributed by atoms with Gasteiger partial charge in [-0.25, -0.2) is 9.78 Å². The molecule has 3 amide bonds. The van der Waals surface area contributed by atoms with Gasteiger partial charge in [0.1, 0.15) is 5.69 Å². The van der Waals surface area contributed by atoms with E-state index in [1.54, 1.807) is 4.90 Å². The Labute approximate surface area is 140 Å². The molecule has 0 aliphatic carbocycles. The second-order valence-corrected chi connectivity index (χ2v) is 5.62.